The smallest absolute Gasteiger partial charge is 0.0843 e. The molecule has 0 fully saturated rings. The molecule has 1 aromatic heterocycles. The molecule has 94 valence electrons. The summed E-state index contributed by atoms with van der Waals surface area (Å²) in [7, 11) is 2.02. The molecule has 0 amide bonds. The van der Waals surface area contributed by atoms with E-state index >= 15 is 0 Å². The summed E-state index contributed by atoms with van der Waals surface area (Å²) in [4.78, 5) is 2.14. The minimum atomic E-state index is 0.558. The fourth-order valence-electron chi connectivity index (χ4n) is 2.13. The van der Waals surface area contributed by atoms with Crippen molar-refractivity contribution in [2.24, 2.45) is 0 Å². The number of nitriles is 1. The summed E-state index contributed by atoms with van der Waals surface area (Å²) < 4.78 is 2.03. The van der Waals surface area contributed by atoms with Crippen molar-refractivity contribution in [1.29, 1.82) is 5.26 Å². The molecule has 0 aliphatic rings. The van der Waals surface area contributed by atoms with E-state index in [1.54, 1.807) is 0 Å². The third kappa shape index (κ3) is 2.52. The van der Waals surface area contributed by atoms with Crippen LogP contribution >= 0.6 is 0 Å². The molecule has 0 aliphatic heterocycles. The van der Waals surface area contributed by atoms with Gasteiger partial charge in [-0.3, -0.25) is 9.58 Å². The monoisotopic (exact) mass is 242 g/mol. The Morgan fingerprint density at radius 2 is 2.17 bits per heavy atom. The second-order valence-corrected chi connectivity index (χ2v) is 4.43. The van der Waals surface area contributed by atoms with E-state index in [-0.39, 0.29) is 0 Å². The molecule has 1 heterocycles. The van der Waals surface area contributed by atoms with E-state index in [1.807, 2.05) is 23.9 Å². The zero-order valence-corrected chi connectivity index (χ0v) is 10.9. The van der Waals surface area contributed by atoms with Crippen LogP contribution in [0.25, 0.3) is 10.9 Å². The standard InChI is InChI=1S/C14H18N4/c1-3-18-14-8-5-4-7-12(14)13(16-18)11-17(2)10-6-9-15/h4-5,7-8H,3,6,10-11H2,1-2H3. The Labute approximate surface area is 107 Å². The van der Waals surface area contributed by atoms with Crippen LogP contribution in [0.3, 0.4) is 0 Å². The van der Waals surface area contributed by atoms with Gasteiger partial charge in [-0.15, -0.1) is 0 Å². The predicted molar refractivity (Wildman–Crippen MR) is 72.0 cm³/mol. The van der Waals surface area contributed by atoms with Crippen LogP contribution in [0.2, 0.25) is 0 Å². The van der Waals surface area contributed by atoms with Crippen LogP contribution in [0.5, 0.6) is 0 Å². The van der Waals surface area contributed by atoms with E-state index in [0.717, 1.165) is 25.3 Å². The van der Waals surface area contributed by atoms with Gasteiger partial charge < -0.3 is 0 Å². The molecule has 0 atom stereocenters. The van der Waals surface area contributed by atoms with Crippen molar-refractivity contribution in [3.8, 4) is 6.07 Å². The zero-order chi connectivity index (χ0) is 13.0. The minimum Gasteiger partial charge on any atom is -0.299 e. The number of aryl methyl sites for hydroxylation is 1. The molecule has 0 bridgehead atoms. The lowest BCUT2D eigenvalue weighted by Crippen LogP contribution is -2.19. The Morgan fingerprint density at radius 3 is 2.89 bits per heavy atom. The van der Waals surface area contributed by atoms with E-state index in [2.05, 4.69) is 35.1 Å². The maximum Gasteiger partial charge on any atom is 0.0843 e. The highest BCUT2D eigenvalue weighted by atomic mass is 15.3. The molecule has 4 nitrogen and oxygen atoms in total. The van der Waals surface area contributed by atoms with Gasteiger partial charge in [0.2, 0.25) is 0 Å². The Balaban J connectivity index is 2.25. The normalized spacial score (nSPS) is 11.0. The molecule has 0 N–H and O–H groups in total. The Hall–Kier alpha value is -1.86. The number of nitrogens with zero attached hydrogens (tertiary/aromatic N) is 4. The second kappa shape index (κ2) is 5.65. The van der Waals surface area contributed by atoms with Gasteiger partial charge >= 0.3 is 0 Å². The average Bonchev–Trinajstić information content (AvgIpc) is 2.75. The fraction of sp³-hybridized carbons (Fsp3) is 0.429. The number of hydrogen-bond acceptors (Lipinski definition) is 3. The maximum atomic E-state index is 8.60. The van der Waals surface area contributed by atoms with E-state index < -0.39 is 0 Å². The molecular weight excluding hydrogens is 224 g/mol. The zero-order valence-electron chi connectivity index (χ0n) is 10.9. The summed E-state index contributed by atoms with van der Waals surface area (Å²) in [6.07, 6.45) is 0.558. The predicted octanol–water partition coefficient (Wildman–Crippen LogP) is 2.40. The van der Waals surface area contributed by atoms with Crippen molar-refractivity contribution >= 4 is 10.9 Å². The molecule has 1 aromatic carbocycles. The quantitative estimate of drug-likeness (QED) is 0.808. The molecule has 0 aliphatic carbocycles. The summed E-state index contributed by atoms with van der Waals surface area (Å²) in [5.74, 6) is 0. The SMILES string of the molecule is CCn1nc(CN(C)CCC#N)c2ccccc21. The molecule has 0 unspecified atom stereocenters. The van der Waals surface area contributed by atoms with Crippen molar-refractivity contribution < 1.29 is 0 Å². The molecule has 0 spiro atoms. The van der Waals surface area contributed by atoms with Gasteiger partial charge in [0, 0.05) is 31.4 Å². The van der Waals surface area contributed by atoms with E-state index in [1.165, 1.54) is 10.9 Å². The highest BCUT2D eigenvalue weighted by Gasteiger charge is 2.10. The first-order chi connectivity index (χ1) is 8.76. The van der Waals surface area contributed by atoms with Crippen molar-refractivity contribution in [1.82, 2.24) is 14.7 Å². The third-order valence-corrected chi connectivity index (χ3v) is 3.06. The van der Waals surface area contributed by atoms with Gasteiger partial charge in [-0.05, 0) is 20.0 Å². The Bertz CT molecular complexity index is 565. The lowest BCUT2D eigenvalue weighted by Gasteiger charge is -2.12. The second-order valence-electron chi connectivity index (χ2n) is 4.43. The summed E-state index contributed by atoms with van der Waals surface area (Å²) in [6, 6.07) is 10.5. The number of benzene rings is 1. The van der Waals surface area contributed by atoms with Crippen molar-refractivity contribution in [3.05, 3.63) is 30.0 Å². The Kier molecular flexibility index (Phi) is 3.96. The molecule has 2 aromatic rings. The lowest BCUT2D eigenvalue weighted by molar-refractivity contribution is 0.330. The van der Waals surface area contributed by atoms with E-state index in [9.17, 15) is 0 Å². The van der Waals surface area contributed by atoms with Crippen LogP contribution in [-0.2, 0) is 13.1 Å². The topological polar surface area (TPSA) is 44.9 Å². The van der Waals surface area contributed by atoms with Crippen LogP contribution < -0.4 is 0 Å². The highest BCUT2D eigenvalue weighted by Crippen LogP contribution is 2.19. The minimum absolute atomic E-state index is 0.558. The average molecular weight is 242 g/mol. The molecule has 0 radical (unpaired) electrons. The van der Waals surface area contributed by atoms with Crippen LogP contribution in [0, 0.1) is 11.3 Å². The molecule has 0 saturated carbocycles. The van der Waals surface area contributed by atoms with Gasteiger partial charge in [-0.1, -0.05) is 18.2 Å². The van der Waals surface area contributed by atoms with Gasteiger partial charge in [0.1, 0.15) is 0 Å². The first kappa shape index (κ1) is 12.6. The molecule has 18 heavy (non-hydrogen) atoms. The number of fused-ring (bicyclic) bond motifs is 1. The van der Waals surface area contributed by atoms with Crippen LogP contribution in [0.4, 0.5) is 0 Å². The van der Waals surface area contributed by atoms with Gasteiger partial charge in [-0.2, -0.15) is 10.4 Å². The van der Waals surface area contributed by atoms with Crippen molar-refractivity contribution in [2.45, 2.75) is 26.4 Å². The summed E-state index contributed by atoms with van der Waals surface area (Å²) in [6.45, 7) is 4.55. The van der Waals surface area contributed by atoms with Crippen LogP contribution in [0.1, 0.15) is 19.0 Å². The number of para-hydroxylation sites is 1. The van der Waals surface area contributed by atoms with Gasteiger partial charge in [0.05, 0.1) is 17.3 Å². The molecular formula is C14H18N4. The highest BCUT2D eigenvalue weighted by molar-refractivity contribution is 5.81. The molecule has 2 rings (SSSR count). The summed E-state index contributed by atoms with van der Waals surface area (Å²) in [5, 5.41) is 14.5. The number of aromatic nitrogens is 2. The largest absolute Gasteiger partial charge is 0.299 e. The number of hydrogen-bond donors (Lipinski definition) is 0. The molecule has 0 saturated heterocycles. The first-order valence-electron chi connectivity index (χ1n) is 6.26. The maximum absolute atomic E-state index is 8.60. The summed E-state index contributed by atoms with van der Waals surface area (Å²) >= 11 is 0. The fourth-order valence-corrected chi connectivity index (χ4v) is 2.13. The van der Waals surface area contributed by atoms with Crippen molar-refractivity contribution in [3.63, 3.8) is 0 Å². The third-order valence-electron chi connectivity index (χ3n) is 3.06. The first-order valence-corrected chi connectivity index (χ1v) is 6.26. The van der Waals surface area contributed by atoms with Gasteiger partial charge in [0.25, 0.3) is 0 Å². The van der Waals surface area contributed by atoms with Crippen LogP contribution in [0.15, 0.2) is 24.3 Å². The van der Waals surface area contributed by atoms with Gasteiger partial charge in [0.15, 0.2) is 0 Å². The Morgan fingerprint density at radius 1 is 1.39 bits per heavy atom. The van der Waals surface area contributed by atoms with Gasteiger partial charge in [-0.25, -0.2) is 0 Å². The molecule has 4 heteroatoms. The van der Waals surface area contributed by atoms with E-state index in [0.29, 0.717) is 6.42 Å². The summed E-state index contributed by atoms with van der Waals surface area (Å²) in [5.41, 5.74) is 2.27. The van der Waals surface area contributed by atoms with E-state index in [4.69, 9.17) is 5.26 Å². The number of rotatable bonds is 5. The van der Waals surface area contributed by atoms with Crippen molar-refractivity contribution in [2.75, 3.05) is 13.6 Å². The van der Waals surface area contributed by atoms with Crippen LogP contribution in [-0.4, -0.2) is 28.3 Å². The lowest BCUT2D eigenvalue weighted by atomic mass is 10.2.